The fourth-order valence-electron chi connectivity index (χ4n) is 3.69. The molecule has 0 bridgehead atoms. The molecule has 0 saturated carbocycles. The summed E-state index contributed by atoms with van der Waals surface area (Å²) < 4.78 is 6.69. The van der Waals surface area contributed by atoms with Gasteiger partial charge in [-0.2, -0.15) is 0 Å². The van der Waals surface area contributed by atoms with Crippen molar-refractivity contribution in [3.8, 4) is 0 Å². The normalized spacial score (nSPS) is 14.0. The standard InChI is InChI=1S/C20H18N6O3/c27-20(15-6-7-17-16(13-15)23-29-26(17)28)24-9-8-18-21-22-19(25(18)11-10-24)12-14-4-2-1-3-5-14/h1-7,13H,8-12H2. The van der Waals surface area contributed by atoms with E-state index in [2.05, 4.69) is 36.7 Å². The lowest BCUT2D eigenvalue weighted by Gasteiger charge is -2.20. The molecule has 0 unspecified atom stereocenters. The first-order valence-corrected chi connectivity index (χ1v) is 9.43. The van der Waals surface area contributed by atoms with Crippen molar-refractivity contribution in [2.75, 3.05) is 13.1 Å². The predicted octanol–water partition coefficient (Wildman–Crippen LogP) is 1.34. The number of nitrogens with zero attached hydrogens (tertiary/aromatic N) is 6. The van der Waals surface area contributed by atoms with Crippen LogP contribution in [0.2, 0.25) is 0 Å². The van der Waals surface area contributed by atoms with Gasteiger partial charge in [-0.1, -0.05) is 30.3 Å². The summed E-state index contributed by atoms with van der Waals surface area (Å²) in [5.74, 6) is 1.70. The first-order valence-electron chi connectivity index (χ1n) is 9.43. The predicted molar refractivity (Wildman–Crippen MR) is 102 cm³/mol. The van der Waals surface area contributed by atoms with Crippen molar-refractivity contribution in [1.29, 1.82) is 0 Å². The second-order valence-corrected chi connectivity index (χ2v) is 7.02. The van der Waals surface area contributed by atoms with Crippen LogP contribution in [-0.2, 0) is 19.4 Å². The van der Waals surface area contributed by atoms with Gasteiger partial charge in [0, 0.05) is 49.3 Å². The third kappa shape index (κ3) is 3.20. The molecular weight excluding hydrogens is 372 g/mol. The molecule has 2 aromatic carbocycles. The molecule has 0 spiro atoms. The number of benzene rings is 2. The largest absolute Gasteiger partial charge is 0.359 e. The zero-order chi connectivity index (χ0) is 19.8. The van der Waals surface area contributed by atoms with Crippen LogP contribution >= 0.6 is 0 Å². The van der Waals surface area contributed by atoms with Gasteiger partial charge < -0.3 is 14.7 Å². The molecule has 0 fully saturated rings. The zero-order valence-corrected chi connectivity index (χ0v) is 15.6. The number of fused-ring (bicyclic) bond motifs is 2. The van der Waals surface area contributed by atoms with Crippen LogP contribution < -0.4 is 4.90 Å². The second-order valence-electron chi connectivity index (χ2n) is 7.02. The van der Waals surface area contributed by atoms with E-state index in [4.69, 9.17) is 0 Å². The Hall–Kier alpha value is -3.75. The van der Waals surface area contributed by atoms with Gasteiger partial charge >= 0.3 is 0 Å². The van der Waals surface area contributed by atoms with E-state index >= 15 is 0 Å². The monoisotopic (exact) mass is 390 g/mol. The van der Waals surface area contributed by atoms with Crippen molar-refractivity contribution in [2.24, 2.45) is 0 Å². The molecule has 9 nitrogen and oxygen atoms in total. The van der Waals surface area contributed by atoms with Crippen molar-refractivity contribution in [1.82, 2.24) is 24.8 Å². The molecule has 0 atom stereocenters. The first-order chi connectivity index (χ1) is 14.2. The summed E-state index contributed by atoms with van der Waals surface area (Å²) in [6, 6.07) is 14.9. The molecule has 1 amide bonds. The number of aromatic nitrogens is 5. The van der Waals surface area contributed by atoms with Gasteiger partial charge in [0.2, 0.25) is 11.0 Å². The van der Waals surface area contributed by atoms with Crippen molar-refractivity contribution in [2.45, 2.75) is 19.4 Å². The molecule has 9 heteroatoms. The highest BCUT2D eigenvalue weighted by molar-refractivity contribution is 5.96. The highest BCUT2D eigenvalue weighted by atomic mass is 16.8. The van der Waals surface area contributed by atoms with E-state index in [9.17, 15) is 10.0 Å². The molecule has 0 saturated heterocycles. The Morgan fingerprint density at radius 3 is 2.83 bits per heavy atom. The van der Waals surface area contributed by atoms with Crippen LogP contribution in [0.4, 0.5) is 0 Å². The summed E-state index contributed by atoms with van der Waals surface area (Å²) in [7, 11) is 0. The quantitative estimate of drug-likeness (QED) is 0.489. The molecule has 3 heterocycles. The van der Waals surface area contributed by atoms with Crippen LogP contribution in [0.5, 0.6) is 0 Å². The van der Waals surface area contributed by atoms with Gasteiger partial charge in [-0.05, 0) is 22.6 Å². The molecule has 146 valence electrons. The number of rotatable bonds is 3. The van der Waals surface area contributed by atoms with Crippen LogP contribution in [0.3, 0.4) is 0 Å². The van der Waals surface area contributed by atoms with Gasteiger partial charge in [0.1, 0.15) is 11.6 Å². The van der Waals surface area contributed by atoms with Gasteiger partial charge in [0.15, 0.2) is 0 Å². The van der Waals surface area contributed by atoms with Crippen LogP contribution in [0, 0.1) is 5.21 Å². The van der Waals surface area contributed by atoms with Crippen molar-refractivity contribution in [3.63, 3.8) is 0 Å². The maximum absolute atomic E-state index is 13.0. The Kier molecular flexibility index (Phi) is 4.19. The van der Waals surface area contributed by atoms with Crippen molar-refractivity contribution >= 4 is 16.9 Å². The summed E-state index contributed by atoms with van der Waals surface area (Å²) in [6.07, 6.45) is 1.35. The van der Waals surface area contributed by atoms with Crippen molar-refractivity contribution in [3.05, 3.63) is 76.5 Å². The molecule has 0 N–H and O–H groups in total. The average Bonchev–Trinajstić information content (AvgIpc) is 3.23. The average molecular weight is 390 g/mol. The number of hydrogen-bond donors (Lipinski definition) is 0. The zero-order valence-electron chi connectivity index (χ0n) is 15.6. The van der Waals surface area contributed by atoms with Crippen LogP contribution in [0.1, 0.15) is 27.6 Å². The minimum Gasteiger partial charge on any atom is -0.359 e. The minimum absolute atomic E-state index is 0.101. The lowest BCUT2D eigenvalue weighted by molar-refractivity contribution is -0.782. The highest BCUT2D eigenvalue weighted by Gasteiger charge is 2.24. The van der Waals surface area contributed by atoms with E-state index in [1.807, 2.05) is 18.2 Å². The SMILES string of the molecule is O=C(c1ccc2c(c1)no[n+]2[O-])N1CCc2nnc(Cc3ccccc3)n2CC1. The summed E-state index contributed by atoms with van der Waals surface area (Å²) >= 11 is 0. The Morgan fingerprint density at radius 2 is 1.97 bits per heavy atom. The Morgan fingerprint density at radius 1 is 1.10 bits per heavy atom. The third-order valence-corrected chi connectivity index (χ3v) is 5.23. The molecule has 1 aliphatic rings. The number of carbonyl (C=O) groups excluding carboxylic acids is 1. The lowest BCUT2D eigenvalue weighted by atomic mass is 10.1. The Bertz CT molecular complexity index is 1180. The van der Waals surface area contributed by atoms with Crippen molar-refractivity contribution < 1.29 is 14.3 Å². The lowest BCUT2D eigenvalue weighted by Crippen LogP contribution is -2.33. The summed E-state index contributed by atoms with van der Waals surface area (Å²) in [5, 5.41) is 23.8. The van der Waals surface area contributed by atoms with E-state index in [1.54, 1.807) is 23.1 Å². The van der Waals surface area contributed by atoms with Crippen LogP contribution in [0.15, 0.2) is 53.2 Å². The minimum atomic E-state index is -0.101. The smallest absolute Gasteiger partial charge is 0.254 e. The number of carbonyl (C=O) groups is 1. The van der Waals surface area contributed by atoms with E-state index in [0.29, 0.717) is 54.0 Å². The third-order valence-electron chi connectivity index (χ3n) is 5.23. The molecule has 5 rings (SSSR count). The van der Waals surface area contributed by atoms with Gasteiger partial charge in [0.05, 0.1) is 0 Å². The second kappa shape index (κ2) is 7.01. The molecular formula is C20H18N6O3. The van der Waals surface area contributed by atoms with Crippen LogP contribution in [-0.4, -0.2) is 43.8 Å². The van der Waals surface area contributed by atoms with Crippen LogP contribution in [0.25, 0.3) is 11.0 Å². The van der Waals surface area contributed by atoms with Gasteiger partial charge in [-0.25, -0.2) is 0 Å². The maximum atomic E-state index is 13.0. The summed E-state index contributed by atoms with van der Waals surface area (Å²) in [5.41, 5.74) is 2.32. The molecule has 0 aliphatic carbocycles. The molecule has 2 aromatic heterocycles. The maximum Gasteiger partial charge on any atom is 0.254 e. The fourth-order valence-corrected chi connectivity index (χ4v) is 3.69. The summed E-state index contributed by atoms with van der Waals surface area (Å²) in [6.45, 7) is 1.76. The summed E-state index contributed by atoms with van der Waals surface area (Å²) in [4.78, 5) is 15.1. The van der Waals surface area contributed by atoms with Gasteiger partial charge in [0.25, 0.3) is 5.91 Å². The molecule has 1 aliphatic heterocycles. The Labute approximate surface area is 165 Å². The van der Waals surface area contributed by atoms with E-state index in [1.165, 1.54) is 5.56 Å². The van der Waals surface area contributed by atoms with Gasteiger partial charge in [-0.15, -0.1) is 10.2 Å². The first kappa shape index (κ1) is 17.4. The van der Waals surface area contributed by atoms with E-state index in [-0.39, 0.29) is 5.91 Å². The van der Waals surface area contributed by atoms with E-state index in [0.717, 1.165) is 11.6 Å². The van der Waals surface area contributed by atoms with Gasteiger partial charge in [-0.3, -0.25) is 9.42 Å². The number of amides is 1. The number of hydrogen-bond acceptors (Lipinski definition) is 6. The Balaban J connectivity index is 1.34. The molecule has 0 radical (unpaired) electrons. The molecule has 29 heavy (non-hydrogen) atoms. The van der Waals surface area contributed by atoms with E-state index < -0.39 is 0 Å². The topological polar surface area (TPSA) is 104 Å². The molecule has 4 aromatic rings. The fraction of sp³-hybridized carbons (Fsp3) is 0.250. The highest BCUT2D eigenvalue weighted by Crippen LogP contribution is 2.17.